The molecule has 3 aromatic rings. The van der Waals surface area contributed by atoms with Crippen LogP contribution in [0, 0.1) is 17.8 Å². The molecule has 0 spiro atoms. The van der Waals surface area contributed by atoms with E-state index in [2.05, 4.69) is 15.9 Å². The van der Waals surface area contributed by atoms with Crippen molar-refractivity contribution < 1.29 is 29.0 Å². The van der Waals surface area contributed by atoms with Gasteiger partial charge in [0, 0.05) is 39.6 Å². The van der Waals surface area contributed by atoms with Gasteiger partial charge in [0.15, 0.2) is 11.6 Å². The Balaban J connectivity index is 1.26. The van der Waals surface area contributed by atoms with Crippen LogP contribution in [0.1, 0.15) is 34.8 Å². The quantitative estimate of drug-likeness (QED) is 0.199. The van der Waals surface area contributed by atoms with Crippen LogP contribution in [-0.4, -0.2) is 33.4 Å². The minimum atomic E-state index is -0.736. The summed E-state index contributed by atoms with van der Waals surface area (Å²) in [7, 11) is 0. The van der Waals surface area contributed by atoms with Crippen molar-refractivity contribution in [2.45, 2.75) is 31.9 Å². The Bertz CT molecular complexity index is 1770. The van der Waals surface area contributed by atoms with Crippen LogP contribution in [0.2, 0.25) is 0 Å². The number of benzene rings is 2. The summed E-state index contributed by atoms with van der Waals surface area (Å²) in [6.45, 7) is 0.539. The van der Waals surface area contributed by atoms with E-state index < -0.39 is 23.7 Å². The van der Waals surface area contributed by atoms with Crippen molar-refractivity contribution in [3.05, 3.63) is 115 Å². The number of carbonyl (C=O) groups is 4. The van der Waals surface area contributed by atoms with Crippen molar-refractivity contribution in [2.75, 3.05) is 0 Å². The third-order valence-electron chi connectivity index (χ3n) is 8.88. The molecule has 1 aliphatic heterocycles. The number of thiophene rings is 1. The Hall–Kier alpha value is -4.08. The Morgan fingerprint density at radius 1 is 0.977 bits per heavy atom. The van der Waals surface area contributed by atoms with Crippen molar-refractivity contribution >= 4 is 50.6 Å². The number of phenolic OH excluding ortho intramolecular Hbond substituents is 1. The van der Waals surface area contributed by atoms with Gasteiger partial charge in [-0.1, -0.05) is 54.1 Å². The number of phenols is 1. The molecule has 7 rings (SSSR count). The second-order valence-electron chi connectivity index (χ2n) is 11.2. The van der Waals surface area contributed by atoms with Gasteiger partial charge in [0.2, 0.25) is 11.8 Å². The van der Waals surface area contributed by atoms with Crippen molar-refractivity contribution in [1.82, 2.24) is 4.90 Å². The number of allylic oxidation sites excluding steroid dienone is 6. The zero-order valence-electron chi connectivity index (χ0n) is 22.9. The second-order valence-corrected chi connectivity index (χ2v) is 13.1. The van der Waals surface area contributed by atoms with Gasteiger partial charge < -0.3 is 9.84 Å². The van der Waals surface area contributed by atoms with Crippen LogP contribution < -0.4 is 4.74 Å². The zero-order valence-corrected chi connectivity index (χ0v) is 25.3. The van der Waals surface area contributed by atoms with Crippen LogP contribution in [0.5, 0.6) is 11.5 Å². The number of amides is 2. The first-order valence-corrected chi connectivity index (χ1v) is 15.8. The minimum Gasteiger partial charge on any atom is -0.507 e. The lowest BCUT2D eigenvalue weighted by atomic mass is 9.59. The van der Waals surface area contributed by atoms with Crippen LogP contribution in [0.4, 0.5) is 0 Å². The summed E-state index contributed by atoms with van der Waals surface area (Å²) in [5.74, 6) is -3.07. The van der Waals surface area contributed by atoms with Gasteiger partial charge in [-0.3, -0.25) is 24.1 Å². The molecule has 1 aromatic heterocycles. The number of hydrogen-bond acceptors (Lipinski definition) is 7. The molecular formula is C34H26BrNO6S. The standard InChI is InChI=1S/C34H26BrNO6S/c35-26-15-28(38)31-25(32(26)39)14-24-21(10-11-23-30(24)34(41)36(33(23)40)16-20-7-4-12-43-20)29(31)22-9-8-19(13-27(22)37)42-17-18-5-2-1-3-6-18/h1-10,12-13,15,23-24,29-30,37H,11,14,16-17H2/t23-,24+,29+,30-/m0/s1. The highest BCUT2D eigenvalue weighted by Crippen LogP contribution is 2.56. The molecule has 4 aliphatic rings. The number of halogens is 1. The predicted octanol–water partition coefficient (Wildman–Crippen LogP) is 5.99. The highest BCUT2D eigenvalue weighted by Gasteiger charge is 2.56. The maximum absolute atomic E-state index is 13.9. The largest absolute Gasteiger partial charge is 0.507 e. The lowest BCUT2D eigenvalue weighted by Crippen LogP contribution is -2.39. The molecule has 0 radical (unpaired) electrons. The average molecular weight is 657 g/mol. The van der Waals surface area contributed by atoms with E-state index in [-0.39, 0.29) is 46.6 Å². The van der Waals surface area contributed by atoms with Crippen LogP contribution in [0.25, 0.3) is 0 Å². The Morgan fingerprint density at radius 2 is 1.79 bits per heavy atom. The number of ketones is 2. The summed E-state index contributed by atoms with van der Waals surface area (Å²) in [5, 5.41) is 13.2. The SMILES string of the molecule is O=C1C=C(Br)C(=O)C2=C1[C@@H](c1ccc(OCc3ccccc3)cc1O)C1=CC[C@@H]3C(=O)N(Cc4cccs4)C(=O)[C@@H]3[C@@H]1C2. The van der Waals surface area contributed by atoms with E-state index in [1.54, 1.807) is 12.1 Å². The molecule has 0 saturated carbocycles. The van der Waals surface area contributed by atoms with Crippen LogP contribution in [-0.2, 0) is 32.3 Å². The first-order valence-electron chi connectivity index (χ1n) is 14.1. The van der Waals surface area contributed by atoms with Gasteiger partial charge >= 0.3 is 0 Å². The van der Waals surface area contributed by atoms with Crippen molar-refractivity contribution in [3.8, 4) is 11.5 Å². The molecule has 2 heterocycles. The van der Waals surface area contributed by atoms with E-state index in [9.17, 15) is 24.3 Å². The molecule has 0 bridgehead atoms. The molecule has 9 heteroatoms. The third kappa shape index (κ3) is 4.71. The fourth-order valence-electron chi connectivity index (χ4n) is 6.94. The number of Topliss-reactive ketones (excluding diaryl/α,β-unsaturated/α-hetero) is 1. The molecule has 1 fully saturated rings. The van der Waals surface area contributed by atoms with E-state index in [0.717, 1.165) is 16.0 Å². The maximum atomic E-state index is 13.9. The van der Waals surface area contributed by atoms with E-state index >= 15 is 0 Å². The molecule has 0 unspecified atom stereocenters. The van der Waals surface area contributed by atoms with Gasteiger partial charge in [0.25, 0.3) is 0 Å². The van der Waals surface area contributed by atoms with E-state index in [0.29, 0.717) is 35.5 Å². The summed E-state index contributed by atoms with van der Waals surface area (Å²) >= 11 is 4.74. The molecule has 2 aromatic carbocycles. The fraction of sp³-hybridized carbons (Fsp3) is 0.235. The number of likely N-dealkylation sites (tertiary alicyclic amines) is 1. The summed E-state index contributed by atoms with van der Waals surface area (Å²) in [6, 6.07) is 18.4. The fourth-order valence-corrected chi connectivity index (χ4v) is 8.08. The minimum absolute atomic E-state index is 0.0758. The highest BCUT2D eigenvalue weighted by molar-refractivity contribution is 9.12. The normalized spacial score (nSPS) is 24.8. The smallest absolute Gasteiger partial charge is 0.234 e. The first kappa shape index (κ1) is 27.7. The first-order chi connectivity index (χ1) is 20.8. The molecule has 4 atom stereocenters. The summed E-state index contributed by atoms with van der Waals surface area (Å²) < 4.78 is 6.07. The van der Waals surface area contributed by atoms with Gasteiger partial charge in [0.05, 0.1) is 22.9 Å². The van der Waals surface area contributed by atoms with E-state index in [1.807, 2.05) is 53.9 Å². The molecule has 2 amide bonds. The topological polar surface area (TPSA) is 101 Å². The Labute approximate surface area is 260 Å². The number of nitrogens with zero attached hydrogens (tertiary/aromatic N) is 1. The highest BCUT2D eigenvalue weighted by atomic mass is 79.9. The molecule has 1 saturated heterocycles. The molecule has 216 valence electrons. The maximum Gasteiger partial charge on any atom is 0.234 e. The van der Waals surface area contributed by atoms with Gasteiger partial charge in [-0.15, -0.1) is 11.3 Å². The molecule has 1 N–H and O–H groups in total. The Morgan fingerprint density at radius 3 is 2.53 bits per heavy atom. The number of imide groups is 1. The van der Waals surface area contributed by atoms with Crippen LogP contribution >= 0.6 is 27.3 Å². The van der Waals surface area contributed by atoms with Crippen molar-refractivity contribution in [3.63, 3.8) is 0 Å². The third-order valence-corrected chi connectivity index (χ3v) is 10.3. The monoisotopic (exact) mass is 655 g/mol. The van der Waals surface area contributed by atoms with Crippen molar-refractivity contribution in [1.29, 1.82) is 0 Å². The van der Waals surface area contributed by atoms with E-state index in [1.165, 1.54) is 28.4 Å². The van der Waals surface area contributed by atoms with Gasteiger partial charge in [0.1, 0.15) is 18.1 Å². The molecule has 7 nitrogen and oxygen atoms in total. The van der Waals surface area contributed by atoms with Gasteiger partial charge in [-0.2, -0.15) is 0 Å². The number of rotatable bonds is 6. The average Bonchev–Trinajstić information content (AvgIpc) is 3.61. The predicted molar refractivity (Wildman–Crippen MR) is 163 cm³/mol. The number of aromatic hydroxyl groups is 1. The second kappa shape index (κ2) is 10.9. The molecule has 43 heavy (non-hydrogen) atoms. The summed E-state index contributed by atoms with van der Waals surface area (Å²) in [4.78, 5) is 56.5. The Kier molecular flexibility index (Phi) is 7.02. The van der Waals surface area contributed by atoms with Gasteiger partial charge in [-0.05, 0) is 57.8 Å². The summed E-state index contributed by atoms with van der Waals surface area (Å²) in [5.41, 5.74) is 2.86. The number of ether oxygens (including phenoxy) is 1. The lowest BCUT2D eigenvalue weighted by molar-refractivity contribution is -0.140. The van der Waals surface area contributed by atoms with Crippen LogP contribution in [0.15, 0.2) is 99.4 Å². The van der Waals surface area contributed by atoms with Gasteiger partial charge in [-0.25, -0.2) is 0 Å². The van der Waals surface area contributed by atoms with Crippen LogP contribution in [0.3, 0.4) is 0 Å². The zero-order chi connectivity index (χ0) is 29.8. The lowest BCUT2D eigenvalue weighted by Gasteiger charge is -2.42. The molecule has 3 aliphatic carbocycles. The summed E-state index contributed by atoms with van der Waals surface area (Å²) in [6.07, 6.45) is 3.76. The molecular weight excluding hydrogens is 630 g/mol. The van der Waals surface area contributed by atoms with Crippen molar-refractivity contribution in [2.24, 2.45) is 17.8 Å². The number of carbonyl (C=O) groups excluding carboxylic acids is 4. The number of hydrogen-bond donors (Lipinski definition) is 1. The number of fused-ring (bicyclic) bond motifs is 3. The van der Waals surface area contributed by atoms with E-state index in [4.69, 9.17) is 4.74 Å².